The van der Waals surface area contributed by atoms with Crippen LogP contribution in [0.2, 0.25) is 0 Å². The Bertz CT molecular complexity index is 842. The van der Waals surface area contributed by atoms with Gasteiger partial charge in [0, 0.05) is 17.2 Å². The number of anilines is 1. The molecule has 1 unspecified atom stereocenters. The predicted octanol–water partition coefficient (Wildman–Crippen LogP) is 3.63. The Morgan fingerprint density at radius 2 is 2.18 bits per heavy atom. The number of imidazole rings is 1. The first kappa shape index (κ1) is 13.7. The Hall–Kier alpha value is -1.95. The third-order valence-electron chi connectivity index (χ3n) is 4.08. The maximum atomic E-state index is 4.83. The molecule has 0 saturated heterocycles. The van der Waals surface area contributed by atoms with Gasteiger partial charge in [-0.1, -0.05) is 0 Å². The van der Waals surface area contributed by atoms with Crippen molar-refractivity contribution in [2.45, 2.75) is 25.7 Å². The summed E-state index contributed by atoms with van der Waals surface area (Å²) in [7, 11) is 0. The van der Waals surface area contributed by atoms with Gasteiger partial charge < -0.3 is 10.3 Å². The van der Waals surface area contributed by atoms with Gasteiger partial charge in [-0.05, 0) is 53.9 Å². The van der Waals surface area contributed by atoms with Crippen molar-refractivity contribution < 1.29 is 0 Å². The molecule has 0 radical (unpaired) electrons. The number of aromatic nitrogens is 4. The molecule has 1 aliphatic rings. The maximum Gasteiger partial charge on any atom is 0.177 e. The van der Waals surface area contributed by atoms with Crippen LogP contribution in [-0.2, 0) is 6.42 Å². The van der Waals surface area contributed by atoms with Crippen LogP contribution in [0.15, 0.2) is 28.9 Å². The molecule has 6 heteroatoms. The Balaban J connectivity index is 1.71. The van der Waals surface area contributed by atoms with E-state index in [0.717, 1.165) is 57.9 Å². The summed E-state index contributed by atoms with van der Waals surface area (Å²) < 4.78 is 0.945. The Kier molecular flexibility index (Phi) is 3.33. The van der Waals surface area contributed by atoms with E-state index in [1.54, 1.807) is 6.20 Å². The highest BCUT2D eigenvalue weighted by molar-refractivity contribution is 9.10. The van der Waals surface area contributed by atoms with Gasteiger partial charge in [0.15, 0.2) is 5.65 Å². The lowest BCUT2D eigenvalue weighted by Gasteiger charge is -2.19. The van der Waals surface area contributed by atoms with Crippen LogP contribution in [0.5, 0.6) is 0 Å². The third-order valence-corrected chi connectivity index (χ3v) is 4.51. The second kappa shape index (κ2) is 5.35. The molecule has 0 aliphatic carbocycles. The van der Waals surface area contributed by atoms with Crippen LogP contribution in [0.1, 0.15) is 36.5 Å². The van der Waals surface area contributed by atoms with Crippen LogP contribution < -0.4 is 5.32 Å². The fourth-order valence-corrected chi connectivity index (χ4v) is 3.16. The number of halogens is 1. The second-order valence-electron chi connectivity index (χ2n) is 5.63. The molecule has 0 spiro atoms. The molecule has 4 heterocycles. The number of hydrogen-bond acceptors (Lipinski definition) is 4. The largest absolute Gasteiger partial charge is 0.384 e. The van der Waals surface area contributed by atoms with Gasteiger partial charge in [0.25, 0.3) is 0 Å². The van der Waals surface area contributed by atoms with E-state index in [0.29, 0.717) is 0 Å². The molecule has 0 bridgehead atoms. The van der Waals surface area contributed by atoms with E-state index in [2.05, 4.69) is 55.3 Å². The zero-order valence-corrected chi connectivity index (χ0v) is 13.8. The summed E-state index contributed by atoms with van der Waals surface area (Å²) in [6.07, 6.45) is 3.94. The van der Waals surface area contributed by atoms with Gasteiger partial charge >= 0.3 is 0 Å². The fraction of sp³-hybridized carbons (Fsp3) is 0.312. The van der Waals surface area contributed by atoms with Crippen LogP contribution in [0.25, 0.3) is 11.2 Å². The number of aromatic amines is 1. The normalized spacial score (nSPS) is 15.4. The van der Waals surface area contributed by atoms with Gasteiger partial charge in [-0.15, -0.1) is 0 Å². The van der Waals surface area contributed by atoms with Gasteiger partial charge in [0.1, 0.15) is 5.82 Å². The molecule has 1 aliphatic heterocycles. The van der Waals surface area contributed by atoms with Gasteiger partial charge in [-0.25, -0.2) is 9.97 Å². The molecule has 112 valence electrons. The first-order chi connectivity index (χ1) is 10.7. The Morgan fingerprint density at radius 1 is 1.27 bits per heavy atom. The lowest BCUT2D eigenvalue weighted by Crippen LogP contribution is -2.14. The number of hydrogen-bond donors (Lipinski definition) is 2. The third kappa shape index (κ3) is 2.37. The van der Waals surface area contributed by atoms with E-state index >= 15 is 0 Å². The monoisotopic (exact) mass is 357 g/mol. The lowest BCUT2D eigenvalue weighted by molar-refractivity contribution is 0.759. The second-order valence-corrected chi connectivity index (χ2v) is 6.54. The average molecular weight is 358 g/mol. The topological polar surface area (TPSA) is 66.5 Å². The number of pyridine rings is 2. The van der Waals surface area contributed by atoms with Gasteiger partial charge in [-0.3, -0.25) is 4.98 Å². The van der Waals surface area contributed by atoms with Gasteiger partial charge in [0.2, 0.25) is 0 Å². The quantitative estimate of drug-likeness (QED) is 0.734. The van der Waals surface area contributed by atoms with E-state index in [-0.39, 0.29) is 5.92 Å². The van der Waals surface area contributed by atoms with Crippen LogP contribution in [0, 0.1) is 0 Å². The van der Waals surface area contributed by atoms with Crippen LogP contribution in [0.3, 0.4) is 0 Å². The van der Waals surface area contributed by atoms with E-state index in [1.165, 1.54) is 0 Å². The molecule has 0 saturated carbocycles. The SMILES string of the molecule is CC(c1ccc2c(n1)CCCN2)c1nc2ncc(Br)cc2[nH]1. The van der Waals surface area contributed by atoms with Crippen LogP contribution in [0.4, 0.5) is 5.69 Å². The molecule has 5 nitrogen and oxygen atoms in total. The van der Waals surface area contributed by atoms with Crippen molar-refractivity contribution in [1.29, 1.82) is 0 Å². The minimum Gasteiger partial charge on any atom is -0.384 e. The zero-order chi connectivity index (χ0) is 15.1. The Morgan fingerprint density at radius 3 is 3.09 bits per heavy atom. The number of H-pyrrole nitrogens is 1. The molecule has 0 fully saturated rings. The van der Waals surface area contributed by atoms with E-state index in [4.69, 9.17) is 4.98 Å². The van der Waals surface area contributed by atoms with Crippen molar-refractivity contribution in [3.63, 3.8) is 0 Å². The summed E-state index contributed by atoms with van der Waals surface area (Å²) >= 11 is 3.44. The van der Waals surface area contributed by atoms with Gasteiger partial charge in [-0.2, -0.15) is 0 Å². The molecule has 1 atom stereocenters. The highest BCUT2D eigenvalue weighted by atomic mass is 79.9. The van der Waals surface area contributed by atoms with E-state index in [9.17, 15) is 0 Å². The van der Waals surface area contributed by atoms with E-state index in [1.807, 2.05) is 6.07 Å². The molecular weight excluding hydrogens is 342 g/mol. The summed E-state index contributed by atoms with van der Waals surface area (Å²) in [5.74, 6) is 1.01. The van der Waals surface area contributed by atoms with Crippen molar-refractivity contribution in [3.8, 4) is 0 Å². The molecule has 22 heavy (non-hydrogen) atoms. The summed E-state index contributed by atoms with van der Waals surface area (Å²) in [6.45, 7) is 3.16. The van der Waals surface area contributed by atoms with Crippen LogP contribution >= 0.6 is 15.9 Å². The summed E-state index contributed by atoms with van der Waals surface area (Å²) in [6, 6.07) is 6.21. The highest BCUT2D eigenvalue weighted by Gasteiger charge is 2.18. The molecule has 2 N–H and O–H groups in total. The predicted molar refractivity (Wildman–Crippen MR) is 90.2 cm³/mol. The van der Waals surface area contributed by atoms with Crippen molar-refractivity contribution in [2.75, 3.05) is 11.9 Å². The maximum absolute atomic E-state index is 4.83. The molecule has 4 rings (SSSR count). The minimum absolute atomic E-state index is 0.111. The number of fused-ring (bicyclic) bond motifs is 2. The molecule has 3 aromatic rings. The lowest BCUT2D eigenvalue weighted by atomic mass is 10.0. The fourth-order valence-electron chi connectivity index (χ4n) is 2.83. The summed E-state index contributed by atoms with van der Waals surface area (Å²) in [4.78, 5) is 17.1. The number of aryl methyl sites for hydroxylation is 1. The minimum atomic E-state index is 0.111. The van der Waals surface area contributed by atoms with Gasteiger partial charge in [0.05, 0.1) is 28.5 Å². The van der Waals surface area contributed by atoms with Crippen molar-refractivity contribution in [3.05, 3.63) is 46.1 Å². The van der Waals surface area contributed by atoms with E-state index < -0.39 is 0 Å². The number of nitrogens with zero attached hydrogens (tertiary/aromatic N) is 3. The molecule has 3 aromatic heterocycles. The van der Waals surface area contributed by atoms with Crippen LogP contribution in [-0.4, -0.2) is 26.5 Å². The number of rotatable bonds is 2. The zero-order valence-electron chi connectivity index (χ0n) is 12.2. The van der Waals surface area contributed by atoms with Crippen molar-refractivity contribution in [2.24, 2.45) is 0 Å². The first-order valence-corrected chi connectivity index (χ1v) is 8.25. The first-order valence-electron chi connectivity index (χ1n) is 7.45. The van der Waals surface area contributed by atoms with Crippen molar-refractivity contribution in [1.82, 2.24) is 19.9 Å². The standard InChI is InChI=1S/C16H16BrN5/c1-9(11-4-5-12-13(20-11)3-2-6-18-12)15-21-14-7-10(17)8-19-16(14)22-15/h4-5,7-9,18H,2-3,6H2,1H3,(H,19,21,22). The summed E-state index contributed by atoms with van der Waals surface area (Å²) in [5, 5.41) is 3.40. The smallest absolute Gasteiger partial charge is 0.177 e. The highest BCUT2D eigenvalue weighted by Crippen LogP contribution is 2.27. The molecular formula is C16H16BrN5. The number of nitrogens with one attached hydrogen (secondary N) is 2. The van der Waals surface area contributed by atoms with Crippen molar-refractivity contribution >= 4 is 32.8 Å². The molecule has 0 amide bonds. The molecule has 0 aromatic carbocycles. The summed E-state index contributed by atoms with van der Waals surface area (Å²) in [5.41, 5.74) is 5.05. The average Bonchev–Trinajstić information content (AvgIpc) is 2.96. The Labute approximate surface area is 136 Å².